The lowest BCUT2D eigenvalue weighted by molar-refractivity contribution is 0.242. The summed E-state index contributed by atoms with van der Waals surface area (Å²) in [5.41, 5.74) is 5.27. The van der Waals surface area contributed by atoms with Crippen LogP contribution >= 0.6 is 0 Å². The Bertz CT molecular complexity index is 1010. The van der Waals surface area contributed by atoms with E-state index in [1.165, 1.54) is 0 Å². The normalized spacial score (nSPS) is 10.9. The lowest BCUT2D eigenvalue weighted by Crippen LogP contribution is -2.24. The topological polar surface area (TPSA) is 51.1 Å². The van der Waals surface area contributed by atoms with Gasteiger partial charge < -0.3 is 4.74 Å². The van der Waals surface area contributed by atoms with E-state index in [1.807, 2.05) is 73.2 Å². The molecule has 0 amide bonds. The fourth-order valence-corrected chi connectivity index (χ4v) is 3.43. The molecule has 0 saturated carbocycles. The number of pyridine rings is 3. The zero-order chi connectivity index (χ0) is 20.6. The molecule has 0 atom stereocenters. The van der Waals surface area contributed by atoms with Gasteiger partial charge in [0, 0.05) is 43.8 Å². The smallest absolute Gasteiger partial charge is 0.118 e. The van der Waals surface area contributed by atoms with Crippen molar-refractivity contribution in [3.05, 3.63) is 108 Å². The fraction of sp³-hybridized carbons (Fsp3) is 0.160. The third-order valence-electron chi connectivity index (χ3n) is 4.87. The van der Waals surface area contributed by atoms with E-state index in [1.54, 1.807) is 7.11 Å². The van der Waals surface area contributed by atoms with Gasteiger partial charge in [0.2, 0.25) is 0 Å². The van der Waals surface area contributed by atoms with Gasteiger partial charge in [0.1, 0.15) is 5.75 Å². The van der Waals surface area contributed by atoms with Crippen LogP contribution in [0.25, 0.3) is 11.3 Å². The molecule has 4 rings (SSSR count). The molecule has 4 aromatic rings. The number of methoxy groups -OCH3 is 1. The Kier molecular flexibility index (Phi) is 6.42. The summed E-state index contributed by atoms with van der Waals surface area (Å²) in [7, 11) is 1.67. The summed E-state index contributed by atoms with van der Waals surface area (Å²) < 4.78 is 5.29. The van der Waals surface area contributed by atoms with Crippen LogP contribution in [0.3, 0.4) is 0 Å². The van der Waals surface area contributed by atoms with Crippen molar-refractivity contribution in [1.29, 1.82) is 0 Å². The lowest BCUT2D eigenvalue weighted by atomic mass is 10.0. The van der Waals surface area contributed by atoms with Crippen LogP contribution in [-0.4, -0.2) is 27.0 Å². The van der Waals surface area contributed by atoms with Crippen LogP contribution in [-0.2, 0) is 19.6 Å². The second kappa shape index (κ2) is 9.76. The van der Waals surface area contributed by atoms with Gasteiger partial charge in [-0.2, -0.15) is 0 Å². The third kappa shape index (κ3) is 5.07. The largest absolute Gasteiger partial charge is 0.497 e. The molecule has 3 aromatic heterocycles. The van der Waals surface area contributed by atoms with E-state index in [-0.39, 0.29) is 0 Å². The molecule has 0 aliphatic rings. The minimum absolute atomic E-state index is 0.731. The van der Waals surface area contributed by atoms with Crippen LogP contribution in [0, 0.1) is 0 Å². The monoisotopic (exact) mass is 396 g/mol. The third-order valence-corrected chi connectivity index (χ3v) is 4.87. The van der Waals surface area contributed by atoms with Crippen molar-refractivity contribution in [2.75, 3.05) is 7.11 Å². The summed E-state index contributed by atoms with van der Waals surface area (Å²) in [6, 6.07) is 24.2. The van der Waals surface area contributed by atoms with Gasteiger partial charge in [-0.05, 0) is 60.2 Å². The van der Waals surface area contributed by atoms with Crippen molar-refractivity contribution in [2.45, 2.75) is 19.6 Å². The Morgan fingerprint density at radius 3 is 1.87 bits per heavy atom. The van der Waals surface area contributed by atoms with Crippen LogP contribution in [0.2, 0.25) is 0 Å². The maximum absolute atomic E-state index is 5.29. The van der Waals surface area contributed by atoms with Gasteiger partial charge in [0.15, 0.2) is 0 Å². The van der Waals surface area contributed by atoms with E-state index in [2.05, 4.69) is 38.1 Å². The molecule has 5 heteroatoms. The molecule has 3 heterocycles. The van der Waals surface area contributed by atoms with Gasteiger partial charge in [-0.1, -0.05) is 18.2 Å². The Labute approximate surface area is 177 Å². The number of ether oxygens (including phenoxy) is 1. The van der Waals surface area contributed by atoms with E-state index >= 15 is 0 Å². The second-order valence-electron chi connectivity index (χ2n) is 7.03. The number of aromatic nitrogens is 3. The summed E-state index contributed by atoms with van der Waals surface area (Å²) in [5, 5.41) is 0. The van der Waals surface area contributed by atoms with Gasteiger partial charge in [-0.3, -0.25) is 19.9 Å². The maximum atomic E-state index is 5.29. The van der Waals surface area contributed by atoms with E-state index in [4.69, 9.17) is 4.74 Å². The molecule has 0 aliphatic carbocycles. The first kappa shape index (κ1) is 19.7. The maximum Gasteiger partial charge on any atom is 0.118 e. The molecule has 0 radical (unpaired) electrons. The summed E-state index contributed by atoms with van der Waals surface area (Å²) in [5.74, 6) is 0.836. The highest BCUT2D eigenvalue weighted by Crippen LogP contribution is 2.25. The van der Waals surface area contributed by atoms with E-state index < -0.39 is 0 Å². The van der Waals surface area contributed by atoms with Crippen molar-refractivity contribution >= 4 is 0 Å². The Morgan fingerprint density at radius 1 is 0.667 bits per heavy atom. The van der Waals surface area contributed by atoms with Crippen molar-refractivity contribution in [3.63, 3.8) is 0 Å². The first-order valence-corrected chi connectivity index (χ1v) is 9.92. The van der Waals surface area contributed by atoms with Crippen molar-refractivity contribution in [1.82, 2.24) is 19.9 Å². The minimum atomic E-state index is 0.731. The van der Waals surface area contributed by atoms with Crippen molar-refractivity contribution in [3.8, 4) is 17.0 Å². The molecule has 5 nitrogen and oxygen atoms in total. The van der Waals surface area contributed by atoms with Crippen LogP contribution in [0.4, 0.5) is 0 Å². The average molecular weight is 396 g/mol. The SMILES string of the molecule is COc1ccc(-c2ncccc2CN(Cc2ccccn2)Cc2ccccn2)cc1. The predicted molar refractivity (Wildman–Crippen MR) is 118 cm³/mol. The lowest BCUT2D eigenvalue weighted by Gasteiger charge is -2.23. The van der Waals surface area contributed by atoms with Gasteiger partial charge in [0.25, 0.3) is 0 Å². The van der Waals surface area contributed by atoms with Crippen LogP contribution in [0.1, 0.15) is 17.0 Å². The van der Waals surface area contributed by atoms with Gasteiger partial charge in [0.05, 0.1) is 24.2 Å². The Morgan fingerprint density at radius 2 is 1.30 bits per heavy atom. The standard InChI is InChI=1S/C25H24N4O/c1-30-24-12-10-20(11-13-24)25-21(7-6-16-28-25)17-29(18-22-8-2-4-14-26-22)19-23-9-3-5-15-27-23/h2-16H,17-19H2,1H3. The molecule has 150 valence electrons. The molecule has 0 saturated heterocycles. The first-order chi connectivity index (χ1) is 14.8. The van der Waals surface area contributed by atoms with Crippen molar-refractivity contribution < 1.29 is 4.74 Å². The van der Waals surface area contributed by atoms with Crippen LogP contribution in [0.15, 0.2) is 91.4 Å². The molecule has 30 heavy (non-hydrogen) atoms. The Hall–Kier alpha value is -3.57. The molecule has 0 N–H and O–H groups in total. The molecule has 1 aromatic carbocycles. The second-order valence-corrected chi connectivity index (χ2v) is 7.03. The van der Waals surface area contributed by atoms with Gasteiger partial charge in [-0.15, -0.1) is 0 Å². The average Bonchev–Trinajstić information content (AvgIpc) is 2.81. The van der Waals surface area contributed by atoms with Gasteiger partial charge >= 0.3 is 0 Å². The minimum Gasteiger partial charge on any atom is -0.497 e. The number of nitrogens with zero attached hydrogens (tertiary/aromatic N) is 4. The van der Waals surface area contributed by atoms with E-state index in [0.717, 1.165) is 53.6 Å². The van der Waals surface area contributed by atoms with Gasteiger partial charge in [-0.25, -0.2) is 0 Å². The number of benzene rings is 1. The molecule has 0 spiro atoms. The molecular weight excluding hydrogens is 372 g/mol. The summed E-state index contributed by atoms with van der Waals surface area (Å²) >= 11 is 0. The predicted octanol–water partition coefficient (Wildman–Crippen LogP) is 4.75. The van der Waals surface area contributed by atoms with E-state index in [9.17, 15) is 0 Å². The summed E-state index contributed by atoms with van der Waals surface area (Å²) in [6.45, 7) is 2.20. The molecule has 0 aliphatic heterocycles. The van der Waals surface area contributed by atoms with E-state index in [0.29, 0.717) is 0 Å². The highest BCUT2D eigenvalue weighted by molar-refractivity contribution is 5.63. The van der Waals surface area contributed by atoms with Crippen LogP contribution in [0.5, 0.6) is 5.75 Å². The molecule has 0 fully saturated rings. The number of rotatable bonds is 8. The highest BCUT2D eigenvalue weighted by Gasteiger charge is 2.14. The molecule has 0 bridgehead atoms. The highest BCUT2D eigenvalue weighted by atomic mass is 16.5. The molecule has 0 unspecified atom stereocenters. The summed E-state index contributed by atoms with van der Waals surface area (Å²) in [4.78, 5) is 16.0. The molecular formula is C25H24N4O. The quantitative estimate of drug-likeness (QED) is 0.430. The number of hydrogen-bond acceptors (Lipinski definition) is 5. The zero-order valence-corrected chi connectivity index (χ0v) is 17.0. The zero-order valence-electron chi connectivity index (χ0n) is 17.0. The van der Waals surface area contributed by atoms with Crippen molar-refractivity contribution in [2.24, 2.45) is 0 Å². The fourth-order valence-electron chi connectivity index (χ4n) is 3.43. The Balaban J connectivity index is 1.62. The first-order valence-electron chi connectivity index (χ1n) is 9.92. The number of hydrogen-bond donors (Lipinski definition) is 0. The summed E-state index contributed by atoms with van der Waals surface area (Å²) in [6.07, 6.45) is 5.51. The van der Waals surface area contributed by atoms with Crippen LogP contribution < -0.4 is 4.74 Å².